The zero-order valence-corrected chi connectivity index (χ0v) is 22.7. The number of hydrogen-bond donors (Lipinski definition) is 3. The highest BCUT2D eigenvalue weighted by atomic mass is 19.1. The molecule has 1 aliphatic heterocycles. The first-order chi connectivity index (χ1) is 20.2. The molecule has 2 atom stereocenters. The first kappa shape index (κ1) is 27.6. The molecule has 2 unspecified atom stereocenters. The Kier molecular flexibility index (Phi) is 7.24. The molecule has 3 heterocycles. The van der Waals surface area contributed by atoms with Gasteiger partial charge in [-0.2, -0.15) is 0 Å². The molecule has 216 valence electrons. The van der Waals surface area contributed by atoms with Gasteiger partial charge in [0, 0.05) is 48.0 Å². The average Bonchev–Trinajstić information content (AvgIpc) is 3.66. The monoisotopic (exact) mass is 575 g/mol. The second-order valence-electron chi connectivity index (χ2n) is 10.6. The lowest BCUT2D eigenvalue weighted by Gasteiger charge is -2.40. The lowest BCUT2D eigenvalue weighted by atomic mass is 9.70. The molecule has 0 bridgehead atoms. The summed E-state index contributed by atoms with van der Waals surface area (Å²) < 4.78 is 56.2. The number of aromatic amines is 2. The van der Waals surface area contributed by atoms with Crippen LogP contribution >= 0.6 is 0 Å². The fourth-order valence-corrected chi connectivity index (χ4v) is 5.80. The van der Waals surface area contributed by atoms with E-state index in [1.54, 1.807) is 6.20 Å². The number of nitrogens with one attached hydrogen (secondary N) is 2. The minimum absolute atomic E-state index is 0.0225. The molecule has 0 saturated carbocycles. The number of aryl methyl sites for hydroxylation is 1. The van der Waals surface area contributed by atoms with Gasteiger partial charge < -0.3 is 24.5 Å². The van der Waals surface area contributed by atoms with Gasteiger partial charge >= 0.3 is 5.97 Å². The maximum atomic E-state index is 15.1. The van der Waals surface area contributed by atoms with Gasteiger partial charge in [0.1, 0.15) is 17.4 Å². The maximum absolute atomic E-state index is 15.1. The highest BCUT2D eigenvalue weighted by Gasteiger charge is 2.40. The van der Waals surface area contributed by atoms with Gasteiger partial charge in [0.05, 0.1) is 17.2 Å². The van der Waals surface area contributed by atoms with Crippen LogP contribution in [-0.2, 0) is 21.4 Å². The Morgan fingerprint density at radius 1 is 1.14 bits per heavy atom. The van der Waals surface area contributed by atoms with Crippen molar-refractivity contribution in [1.29, 1.82) is 0 Å². The molecule has 0 spiro atoms. The summed E-state index contributed by atoms with van der Waals surface area (Å²) >= 11 is 0. The Morgan fingerprint density at radius 2 is 2.00 bits per heavy atom. The average molecular weight is 576 g/mol. The van der Waals surface area contributed by atoms with E-state index in [0.29, 0.717) is 31.4 Å². The van der Waals surface area contributed by atoms with Crippen LogP contribution in [0.1, 0.15) is 43.0 Å². The minimum Gasteiger partial charge on any atom is -0.481 e. The van der Waals surface area contributed by atoms with Gasteiger partial charge in [-0.1, -0.05) is 24.3 Å². The van der Waals surface area contributed by atoms with Gasteiger partial charge in [0.15, 0.2) is 17.4 Å². The number of imidazole rings is 1. The van der Waals surface area contributed by atoms with E-state index in [0.717, 1.165) is 29.0 Å². The van der Waals surface area contributed by atoms with Crippen molar-refractivity contribution in [2.75, 3.05) is 6.61 Å². The van der Waals surface area contributed by atoms with E-state index in [9.17, 15) is 13.6 Å². The molecule has 3 N–H and O–H groups in total. The first-order valence-electron chi connectivity index (χ1n) is 13.6. The largest absolute Gasteiger partial charge is 0.481 e. The van der Waals surface area contributed by atoms with Crippen LogP contribution < -0.4 is 4.74 Å². The van der Waals surface area contributed by atoms with Gasteiger partial charge in [-0.3, -0.25) is 4.79 Å². The maximum Gasteiger partial charge on any atom is 0.303 e. The van der Waals surface area contributed by atoms with Crippen molar-refractivity contribution in [1.82, 2.24) is 15.0 Å². The van der Waals surface area contributed by atoms with Gasteiger partial charge in [-0.25, -0.2) is 18.2 Å². The molecule has 0 radical (unpaired) electrons. The van der Waals surface area contributed by atoms with E-state index < -0.39 is 34.6 Å². The number of nitrogens with zero attached hydrogens (tertiary/aromatic N) is 1. The Morgan fingerprint density at radius 3 is 2.81 bits per heavy atom. The molecule has 7 nitrogen and oxygen atoms in total. The lowest BCUT2D eigenvalue weighted by Crippen LogP contribution is -2.39. The summed E-state index contributed by atoms with van der Waals surface area (Å²) in [4.78, 5) is 21.7. The summed E-state index contributed by atoms with van der Waals surface area (Å²) in [5, 5.41) is 9.32. The predicted molar refractivity (Wildman–Crippen MR) is 150 cm³/mol. The topological polar surface area (TPSA) is 100 Å². The number of halogens is 3. The summed E-state index contributed by atoms with van der Waals surface area (Å²) in [7, 11) is 0. The third kappa shape index (κ3) is 5.14. The fourth-order valence-electron chi connectivity index (χ4n) is 5.80. The van der Waals surface area contributed by atoms with Crippen LogP contribution in [0, 0.1) is 17.5 Å². The van der Waals surface area contributed by atoms with Gasteiger partial charge in [-0.05, 0) is 61.6 Å². The normalized spacial score (nSPS) is 18.8. The third-order valence-electron chi connectivity index (χ3n) is 7.88. The Labute approximate surface area is 239 Å². The summed E-state index contributed by atoms with van der Waals surface area (Å²) in [5.74, 6) is -3.52. The fraction of sp³-hybridized carbons (Fsp3) is 0.250. The van der Waals surface area contributed by atoms with Gasteiger partial charge in [-0.15, -0.1) is 0 Å². The summed E-state index contributed by atoms with van der Waals surface area (Å²) in [6, 6.07) is 14.3. The van der Waals surface area contributed by atoms with E-state index >= 15 is 4.39 Å². The van der Waals surface area contributed by atoms with Crippen molar-refractivity contribution in [3.8, 4) is 22.9 Å². The van der Waals surface area contributed by atoms with Crippen LogP contribution in [0.5, 0.6) is 11.5 Å². The highest BCUT2D eigenvalue weighted by Crippen LogP contribution is 2.43. The Bertz CT molecular complexity index is 1780. The Balaban J connectivity index is 1.35. The number of benzene rings is 3. The van der Waals surface area contributed by atoms with Crippen molar-refractivity contribution in [2.45, 2.75) is 44.1 Å². The van der Waals surface area contributed by atoms with Gasteiger partial charge in [0.25, 0.3) is 0 Å². The number of rotatable bonds is 8. The van der Waals surface area contributed by atoms with Crippen LogP contribution in [0.25, 0.3) is 22.3 Å². The zero-order valence-electron chi connectivity index (χ0n) is 22.7. The van der Waals surface area contributed by atoms with Crippen molar-refractivity contribution < 1.29 is 32.5 Å². The number of aliphatic carboxylic acids is 1. The highest BCUT2D eigenvalue weighted by molar-refractivity contribution is 5.82. The number of H-pyrrole nitrogens is 2. The second kappa shape index (κ2) is 11.0. The molecule has 0 aliphatic carbocycles. The number of hydrogen-bond acceptors (Lipinski definition) is 4. The number of carbonyl (C=O) groups is 1. The van der Waals surface area contributed by atoms with E-state index in [1.165, 1.54) is 24.4 Å². The smallest absolute Gasteiger partial charge is 0.303 e. The van der Waals surface area contributed by atoms with Crippen LogP contribution in [0.15, 0.2) is 67.0 Å². The number of fused-ring (bicyclic) bond motifs is 1. The van der Waals surface area contributed by atoms with Crippen LogP contribution in [0.3, 0.4) is 0 Å². The van der Waals surface area contributed by atoms with Crippen LogP contribution in [0.4, 0.5) is 13.2 Å². The van der Waals surface area contributed by atoms with Crippen molar-refractivity contribution >= 4 is 16.9 Å². The SMILES string of the molecule is CC1CC(c2cccc(CCC(=O)O)c2)(c2cnc(-c3cc(Oc4c(F)cc5[nH]ccc5c4F)ccc3F)[nH]2)CCO1. The molecular weight excluding hydrogens is 547 g/mol. The van der Waals surface area contributed by atoms with Crippen molar-refractivity contribution in [2.24, 2.45) is 0 Å². The molecule has 2 aromatic heterocycles. The molecule has 5 aromatic rings. The summed E-state index contributed by atoms with van der Waals surface area (Å²) in [5.41, 5.74) is 2.48. The van der Waals surface area contributed by atoms with E-state index in [2.05, 4.69) is 15.0 Å². The molecule has 6 rings (SSSR count). The molecule has 10 heteroatoms. The standard InChI is InChI=1S/C32H28F3N3O4/c1-18-16-32(10-12-41-18,20-4-2-3-19(13-20)5-8-28(39)40)27-17-37-31(38-27)23-14-21(6-7-24(23)33)42-30-25(34)15-26-22(29(30)35)9-11-36-26/h2-4,6-7,9,11,13-15,17-18,36H,5,8,10,12,16H2,1H3,(H,37,38)(H,39,40). The first-order valence-corrected chi connectivity index (χ1v) is 13.6. The molecule has 3 aromatic carbocycles. The molecule has 1 saturated heterocycles. The molecule has 1 fully saturated rings. The predicted octanol–water partition coefficient (Wildman–Crippen LogP) is 7.27. The zero-order chi connectivity index (χ0) is 29.4. The molecule has 42 heavy (non-hydrogen) atoms. The second-order valence-corrected chi connectivity index (χ2v) is 10.6. The summed E-state index contributed by atoms with van der Waals surface area (Å²) in [6.07, 6.45) is 4.78. The molecule has 1 aliphatic rings. The number of aromatic nitrogens is 3. The Hall–Kier alpha value is -4.57. The van der Waals surface area contributed by atoms with E-state index in [-0.39, 0.29) is 35.0 Å². The quantitative estimate of drug-likeness (QED) is 0.181. The lowest BCUT2D eigenvalue weighted by molar-refractivity contribution is -0.136. The molecular formula is C32H28F3N3O4. The number of ether oxygens (including phenoxy) is 2. The van der Waals surface area contributed by atoms with E-state index in [4.69, 9.17) is 14.6 Å². The van der Waals surface area contributed by atoms with Crippen molar-refractivity contribution in [3.63, 3.8) is 0 Å². The summed E-state index contributed by atoms with van der Waals surface area (Å²) in [6.45, 7) is 2.48. The number of carboxylic acids is 1. The van der Waals surface area contributed by atoms with Crippen molar-refractivity contribution in [3.05, 3.63) is 101 Å². The third-order valence-corrected chi connectivity index (χ3v) is 7.88. The van der Waals surface area contributed by atoms with Crippen LogP contribution in [0.2, 0.25) is 0 Å². The minimum atomic E-state index is -0.894. The number of carboxylic acid groups (broad SMARTS) is 1. The van der Waals surface area contributed by atoms with Crippen LogP contribution in [-0.4, -0.2) is 38.7 Å². The molecule has 0 amide bonds. The van der Waals surface area contributed by atoms with Gasteiger partial charge in [0.2, 0.25) is 0 Å². The van der Waals surface area contributed by atoms with E-state index in [1.807, 2.05) is 31.2 Å².